The fraction of sp³-hybridized carbons (Fsp3) is 0.200. The minimum atomic E-state index is -0.264. The van der Waals surface area contributed by atoms with Crippen LogP contribution in [-0.2, 0) is 6.61 Å². The average molecular weight is 292 g/mol. The molecule has 0 heterocycles. The number of hydrogen-bond acceptors (Lipinski definition) is 6. The van der Waals surface area contributed by atoms with Gasteiger partial charge >= 0.3 is 0 Å². The number of phenols is 3. The lowest BCUT2D eigenvalue weighted by Gasteiger charge is -2.14. The maximum Gasteiger partial charge on any atom is 0.166 e. The van der Waals surface area contributed by atoms with Crippen LogP contribution in [0.25, 0.3) is 11.1 Å². The van der Waals surface area contributed by atoms with Crippen LogP contribution in [0.2, 0.25) is 0 Å². The topological polar surface area (TPSA) is 99.4 Å². The van der Waals surface area contributed by atoms with E-state index in [4.69, 9.17) is 9.47 Å². The van der Waals surface area contributed by atoms with E-state index in [0.29, 0.717) is 5.56 Å². The van der Waals surface area contributed by atoms with Gasteiger partial charge in [0.1, 0.15) is 5.75 Å². The van der Waals surface area contributed by atoms with Crippen molar-refractivity contribution in [3.63, 3.8) is 0 Å². The van der Waals surface area contributed by atoms with Crippen molar-refractivity contribution < 1.29 is 29.9 Å². The van der Waals surface area contributed by atoms with Crippen LogP contribution in [0.5, 0.6) is 28.7 Å². The van der Waals surface area contributed by atoms with Crippen molar-refractivity contribution in [1.82, 2.24) is 0 Å². The molecule has 0 saturated carbocycles. The van der Waals surface area contributed by atoms with Gasteiger partial charge in [-0.15, -0.1) is 0 Å². The first-order chi connectivity index (χ1) is 10.0. The summed E-state index contributed by atoms with van der Waals surface area (Å²) in [5, 5.41) is 39.3. The van der Waals surface area contributed by atoms with Crippen LogP contribution in [0, 0.1) is 0 Å². The number of aliphatic hydroxyl groups excluding tert-OH is 1. The standard InChI is InChI=1S/C15H16O6/c1-20-12-4-8(7-16)3-10(14(12)18)11-5-9(17)6-13(21-2)15(11)19/h3-6,16-19H,7H2,1-2H3. The number of methoxy groups -OCH3 is 2. The molecule has 6 heteroatoms. The highest BCUT2D eigenvalue weighted by molar-refractivity contribution is 5.81. The zero-order valence-electron chi connectivity index (χ0n) is 11.6. The molecule has 4 N–H and O–H groups in total. The van der Waals surface area contributed by atoms with Crippen LogP contribution in [0.1, 0.15) is 5.56 Å². The number of phenolic OH excluding ortho intramolecular Hbond substituents is 3. The van der Waals surface area contributed by atoms with Gasteiger partial charge in [-0.1, -0.05) is 0 Å². The van der Waals surface area contributed by atoms with E-state index in [1.165, 1.54) is 38.5 Å². The normalized spacial score (nSPS) is 10.4. The largest absolute Gasteiger partial charge is 0.508 e. The van der Waals surface area contributed by atoms with Crippen molar-refractivity contribution in [3.8, 4) is 39.9 Å². The molecule has 0 amide bonds. The lowest BCUT2D eigenvalue weighted by atomic mass is 9.99. The van der Waals surface area contributed by atoms with E-state index in [-0.39, 0.29) is 46.5 Å². The Bertz CT molecular complexity index is 666. The van der Waals surface area contributed by atoms with Gasteiger partial charge in [0.2, 0.25) is 0 Å². The molecular weight excluding hydrogens is 276 g/mol. The molecule has 2 aromatic carbocycles. The molecule has 0 aliphatic carbocycles. The molecule has 0 saturated heterocycles. The highest BCUT2D eigenvalue weighted by atomic mass is 16.5. The third-order valence-electron chi connectivity index (χ3n) is 3.11. The molecule has 0 fully saturated rings. The van der Waals surface area contributed by atoms with Crippen molar-refractivity contribution in [1.29, 1.82) is 0 Å². The molecule has 0 aromatic heterocycles. The van der Waals surface area contributed by atoms with Crippen LogP contribution < -0.4 is 9.47 Å². The van der Waals surface area contributed by atoms with E-state index in [1.54, 1.807) is 0 Å². The molecule has 2 aromatic rings. The summed E-state index contributed by atoms with van der Waals surface area (Å²) in [7, 11) is 2.73. The summed E-state index contributed by atoms with van der Waals surface area (Å²) >= 11 is 0. The monoisotopic (exact) mass is 292 g/mol. The molecule has 2 rings (SSSR count). The van der Waals surface area contributed by atoms with Crippen LogP contribution in [0.3, 0.4) is 0 Å². The Morgan fingerprint density at radius 2 is 1.33 bits per heavy atom. The summed E-state index contributed by atoms with van der Waals surface area (Å²) < 4.78 is 10.0. The second-order valence-corrected chi connectivity index (χ2v) is 4.40. The summed E-state index contributed by atoms with van der Waals surface area (Å²) in [6, 6.07) is 5.51. The van der Waals surface area contributed by atoms with E-state index in [1.807, 2.05) is 0 Å². The summed E-state index contributed by atoms with van der Waals surface area (Å²) in [4.78, 5) is 0. The molecule has 0 bridgehead atoms. The Balaban J connectivity index is 2.74. The van der Waals surface area contributed by atoms with Crippen LogP contribution >= 0.6 is 0 Å². The van der Waals surface area contributed by atoms with Gasteiger partial charge in [-0.05, 0) is 23.8 Å². The van der Waals surface area contributed by atoms with Crippen LogP contribution in [-0.4, -0.2) is 34.6 Å². The lowest BCUT2D eigenvalue weighted by molar-refractivity contribution is 0.280. The van der Waals surface area contributed by atoms with Crippen LogP contribution in [0.15, 0.2) is 24.3 Å². The van der Waals surface area contributed by atoms with Crippen molar-refractivity contribution in [3.05, 3.63) is 29.8 Å². The summed E-state index contributed by atoms with van der Waals surface area (Å²) in [6.07, 6.45) is 0. The maximum atomic E-state index is 10.2. The van der Waals surface area contributed by atoms with Crippen molar-refractivity contribution in [2.45, 2.75) is 6.61 Å². The Hall–Kier alpha value is -2.60. The quantitative estimate of drug-likeness (QED) is 0.643. The van der Waals surface area contributed by atoms with Gasteiger partial charge in [0.15, 0.2) is 23.0 Å². The minimum Gasteiger partial charge on any atom is -0.508 e. The van der Waals surface area contributed by atoms with Crippen molar-refractivity contribution in [2.75, 3.05) is 14.2 Å². The molecular formula is C15H16O6. The van der Waals surface area contributed by atoms with Gasteiger partial charge < -0.3 is 29.9 Å². The molecule has 0 unspecified atom stereocenters. The third kappa shape index (κ3) is 2.66. The SMILES string of the molecule is COc1cc(O)cc(-c2cc(CO)cc(OC)c2O)c1O. The van der Waals surface area contributed by atoms with Gasteiger partial charge in [0.25, 0.3) is 0 Å². The van der Waals surface area contributed by atoms with Gasteiger partial charge in [-0.25, -0.2) is 0 Å². The van der Waals surface area contributed by atoms with Gasteiger partial charge in [0.05, 0.1) is 20.8 Å². The van der Waals surface area contributed by atoms with Crippen molar-refractivity contribution in [2.24, 2.45) is 0 Å². The molecule has 6 nitrogen and oxygen atoms in total. The van der Waals surface area contributed by atoms with Gasteiger partial charge in [-0.2, -0.15) is 0 Å². The van der Waals surface area contributed by atoms with Gasteiger partial charge in [-0.3, -0.25) is 0 Å². The van der Waals surface area contributed by atoms with E-state index in [2.05, 4.69) is 0 Å². The number of aromatic hydroxyl groups is 3. The minimum absolute atomic E-state index is 0.0674. The number of ether oxygens (including phenoxy) is 2. The Labute approximate surface area is 121 Å². The molecule has 0 aliphatic rings. The molecule has 0 radical (unpaired) electrons. The third-order valence-corrected chi connectivity index (χ3v) is 3.11. The highest BCUT2D eigenvalue weighted by Gasteiger charge is 2.18. The van der Waals surface area contributed by atoms with Gasteiger partial charge in [0, 0.05) is 17.2 Å². The first kappa shape index (κ1) is 14.8. The van der Waals surface area contributed by atoms with E-state index in [0.717, 1.165) is 0 Å². The predicted molar refractivity (Wildman–Crippen MR) is 75.9 cm³/mol. The first-order valence-corrected chi connectivity index (χ1v) is 6.12. The summed E-state index contributed by atoms with van der Waals surface area (Å²) in [6.45, 7) is -0.264. The van der Waals surface area contributed by atoms with E-state index >= 15 is 0 Å². The van der Waals surface area contributed by atoms with Crippen LogP contribution in [0.4, 0.5) is 0 Å². The molecule has 112 valence electrons. The second kappa shape index (κ2) is 5.80. The highest BCUT2D eigenvalue weighted by Crippen LogP contribution is 2.46. The maximum absolute atomic E-state index is 10.2. The summed E-state index contributed by atoms with van der Waals surface area (Å²) in [5.41, 5.74) is 0.865. The Kier molecular flexibility index (Phi) is 4.09. The predicted octanol–water partition coefficient (Wildman–Crippen LogP) is 1.98. The number of benzene rings is 2. The molecule has 21 heavy (non-hydrogen) atoms. The zero-order valence-corrected chi connectivity index (χ0v) is 11.6. The number of aliphatic hydroxyl groups is 1. The molecule has 0 spiro atoms. The Morgan fingerprint density at radius 3 is 1.86 bits per heavy atom. The van der Waals surface area contributed by atoms with E-state index < -0.39 is 0 Å². The lowest BCUT2D eigenvalue weighted by Crippen LogP contribution is -1.93. The fourth-order valence-electron chi connectivity index (χ4n) is 2.07. The number of rotatable bonds is 4. The Morgan fingerprint density at radius 1 is 0.810 bits per heavy atom. The number of hydrogen-bond donors (Lipinski definition) is 4. The zero-order chi connectivity index (χ0) is 15.6. The van der Waals surface area contributed by atoms with Crippen molar-refractivity contribution >= 4 is 0 Å². The molecule has 0 atom stereocenters. The second-order valence-electron chi connectivity index (χ2n) is 4.40. The van der Waals surface area contributed by atoms with E-state index in [9.17, 15) is 20.4 Å². The molecule has 0 aliphatic heterocycles. The average Bonchev–Trinajstić information content (AvgIpc) is 2.49. The fourth-order valence-corrected chi connectivity index (χ4v) is 2.07. The first-order valence-electron chi connectivity index (χ1n) is 6.12. The summed E-state index contributed by atoms with van der Waals surface area (Å²) in [5.74, 6) is -0.358. The smallest absolute Gasteiger partial charge is 0.166 e.